The number of nitrogens with two attached hydrogens (primary N) is 1. The SMILES string of the molecule is Cc1ccc(-c2cncc(F)c2)cc1NC(=O)c1ccc2nc(N)oc2c1. The Morgan fingerprint density at radius 2 is 1.96 bits per heavy atom. The lowest BCUT2D eigenvalue weighted by atomic mass is 10.0. The van der Waals surface area contributed by atoms with Crippen molar-refractivity contribution in [3.8, 4) is 11.1 Å². The second-order valence-corrected chi connectivity index (χ2v) is 6.11. The van der Waals surface area contributed by atoms with Crippen LogP contribution in [-0.4, -0.2) is 15.9 Å². The normalized spacial score (nSPS) is 10.9. The van der Waals surface area contributed by atoms with Crippen LogP contribution >= 0.6 is 0 Å². The van der Waals surface area contributed by atoms with Crippen LogP contribution in [0.25, 0.3) is 22.2 Å². The average Bonchev–Trinajstić information content (AvgIpc) is 3.02. The molecular formula is C20H15FN4O2. The van der Waals surface area contributed by atoms with Gasteiger partial charge in [-0.05, 0) is 48.4 Å². The maximum atomic E-state index is 13.4. The van der Waals surface area contributed by atoms with Crippen LogP contribution in [0.5, 0.6) is 0 Å². The summed E-state index contributed by atoms with van der Waals surface area (Å²) in [6.45, 7) is 1.88. The summed E-state index contributed by atoms with van der Waals surface area (Å²) >= 11 is 0. The number of nitrogens with zero attached hydrogens (tertiary/aromatic N) is 2. The largest absolute Gasteiger partial charge is 0.424 e. The molecule has 0 bridgehead atoms. The van der Waals surface area contributed by atoms with Crippen molar-refractivity contribution < 1.29 is 13.6 Å². The maximum absolute atomic E-state index is 13.4. The maximum Gasteiger partial charge on any atom is 0.292 e. The molecule has 0 radical (unpaired) electrons. The number of halogens is 1. The van der Waals surface area contributed by atoms with Gasteiger partial charge < -0.3 is 15.5 Å². The van der Waals surface area contributed by atoms with Gasteiger partial charge in [-0.15, -0.1) is 0 Å². The number of nitrogen functional groups attached to an aromatic ring is 1. The molecule has 0 aliphatic carbocycles. The number of pyridine rings is 1. The molecule has 2 aromatic carbocycles. The second-order valence-electron chi connectivity index (χ2n) is 6.11. The monoisotopic (exact) mass is 362 g/mol. The summed E-state index contributed by atoms with van der Waals surface area (Å²) < 4.78 is 18.7. The summed E-state index contributed by atoms with van der Waals surface area (Å²) in [6, 6.07) is 11.8. The molecule has 0 unspecified atom stereocenters. The summed E-state index contributed by atoms with van der Waals surface area (Å²) in [5, 5.41) is 2.88. The van der Waals surface area contributed by atoms with E-state index in [9.17, 15) is 9.18 Å². The fourth-order valence-corrected chi connectivity index (χ4v) is 2.78. The highest BCUT2D eigenvalue weighted by atomic mass is 19.1. The van der Waals surface area contributed by atoms with Gasteiger partial charge in [0, 0.05) is 23.0 Å². The smallest absolute Gasteiger partial charge is 0.292 e. The van der Waals surface area contributed by atoms with Crippen LogP contribution < -0.4 is 11.1 Å². The van der Waals surface area contributed by atoms with E-state index in [0.717, 1.165) is 17.3 Å². The molecule has 3 N–H and O–H groups in total. The van der Waals surface area contributed by atoms with Crippen LogP contribution in [0.1, 0.15) is 15.9 Å². The molecule has 4 aromatic rings. The minimum atomic E-state index is -0.418. The molecule has 2 aromatic heterocycles. The van der Waals surface area contributed by atoms with Crippen molar-refractivity contribution >= 4 is 28.7 Å². The number of carbonyl (C=O) groups is 1. The number of rotatable bonds is 3. The standard InChI is InChI=1S/C20H15FN4O2/c1-11-2-3-12(14-6-15(21)10-23-9-14)7-17(11)24-19(26)13-4-5-16-18(8-13)27-20(22)25-16/h2-10H,1H3,(H2,22,25)(H,24,26). The third-order valence-corrected chi connectivity index (χ3v) is 4.19. The summed E-state index contributed by atoms with van der Waals surface area (Å²) in [5.74, 6) is -0.720. The van der Waals surface area contributed by atoms with Gasteiger partial charge in [0.2, 0.25) is 0 Å². The number of fused-ring (bicyclic) bond motifs is 1. The van der Waals surface area contributed by atoms with Crippen molar-refractivity contribution in [2.45, 2.75) is 6.92 Å². The quantitative estimate of drug-likeness (QED) is 0.570. The van der Waals surface area contributed by atoms with Crippen molar-refractivity contribution in [3.63, 3.8) is 0 Å². The van der Waals surface area contributed by atoms with Crippen LogP contribution in [0.2, 0.25) is 0 Å². The minimum Gasteiger partial charge on any atom is -0.424 e. The Labute approximate surface area is 153 Å². The molecule has 2 heterocycles. The number of carbonyl (C=O) groups excluding carboxylic acids is 1. The van der Waals surface area contributed by atoms with Gasteiger partial charge in [0.05, 0.1) is 6.20 Å². The molecule has 1 amide bonds. The molecule has 0 saturated carbocycles. The number of aromatic nitrogens is 2. The van der Waals surface area contributed by atoms with E-state index in [1.165, 1.54) is 6.07 Å². The van der Waals surface area contributed by atoms with Crippen LogP contribution in [-0.2, 0) is 0 Å². The van der Waals surface area contributed by atoms with Crippen LogP contribution in [0, 0.1) is 12.7 Å². The molecule has 27 heavy (non-hydrogen) atoms. The van der Waals surface area contributed by atoms with Crippen molar-refractivity contribution in [2.75, 3.05) is 11.1 Å². The van der Waals surface area contributed by atoms with E-state index in [2.05, 4.69) is 15.3 Å². The number of nitrogens with one attached hydrogen (secondary N) is 1. The van der Waals surface area contributed by atoms with Gasteiger partial charge in [0.1, 0.15) is 11.3 Å². The highest BCUT2D eigenvalue weighted by Gasteiger charge is 2.12. The van der Waals surface area contributed by atoms with Gasteiger partial charge in [0.25, 0.3) is 11.9 Å². The van der Waals surface area contributed by atoms with Gasteiger partial charge in [0.15, 0.2) is 5.58 Å². The van der Waals surface area contributed by atoms with E-state index in [1.54, 1.807) is 30.5 Å². The van der Waals surface area contributed by atoms with Crippen molar-refractivity contribution in [1.82, 2.24) is 9.97 Å². The lowest BCUT2D eigenvalue weighted by Crippen LogP contribution is -2.12. The van der Waals surface area contributed by atoms with Gasteiger partial charge in [-0.25, -0.2) is 4.39 Å². The van der Waals surface area contributed by atoms with Gasteiger partial charge >= 0.3 is 0 Å². The molecule has 0 spiro atoms. The Bertz CT molecular complexity index is 1170. The average molecular weight is 362 g/mol. The highest BCUT2D eigenvalue weighted by molar-refractivity contribution is 6.06. The van der Waals surface area contributed by atoms with Gasteiger partial charge in [-0.3, -0.25) is 9.78 Å². The Kier molecular flexibility index (Phi) is 4.04. The number of aryl methyl sites for hydroxylation is 1. The molecule has 0 saturated heterocycles. The Morgan fingerprint density at radius 1 is 1.11 bits per heavy atom. The number of anilines is 2. The number of benzene rings is 2. The van der Waals surface area contributed by atoms with E-state index in [0.29, 0.717) is 27.9 Å². The fourth-order valence-electron chi connectivity index (χ4n) is 2.78. The second kappa shape index (κ2) is 6.53. The van der Waals surface area contributed by atoms with Crippen molar-refractivity contribution in [2.24, 2.45) is 0 Å². The van der Waals surface area contributed by atoms with E-state index in [4.69, 9.17) is 10.2 Å². The van der Waals surface area contributed by atoms with E-state index in [1.807, 2.05) is 19.1 Å². The van der Waals surface area contributed by atoms with E-state index < -0.39 is 5.82 Å². The number of hydrogen-bond acceptors (Lipinski definition) is 5. The molecule has 0 aliphatic heterocycles. The first-order valence-electron chi connectivity index (χ1n) is 8.18. The van der Waals surface area contributed by atoms with Crippen LogP contribution in [0.3, 0.4) is 0 Å². The number of amides is 1. The zero-order valence-corrected chi connectivity index (χ0v) is 14.4. The lowest BCUT2D eigenvalue weighted by Gasteiger charge is -2.11. The van der Waals surface area contributed by atoms with Gasteiger partial charge in [-0.1, -0.05) is 12.1 Å². The summed E-state index contributed by atoms with van der Waals surface area (Å²) in [4.78, 5) is 20.5. The lowest BCUT2D eigenvalue weighted by molar-refractivity contribution is 0.102. The first-order valence-corrected chi connectivity index (χ1v) is 8.18. The number of oxazole rings is 1. The predicted octanol–water partition coefficient (Wildman–Crippen LogP) is 4.17. The molecular weight excluding hydrogens is 347 g/mol. The number of hydrogen-bond donors (Lipinski definition) is 2. The zero-order chi connectivity index (χ0) is 19.0. The molecule has 0 fully saturated rings. The first-order chi connectivity index (χ1) is 13.0. The molecule has 7 heteroatoms. The zero-order valence-electron chi connectivity index (χ0n) is 14.4. The summed E-state index contributed by atoms with van der Waals surface area (Å²) in [6.07, 6.45) is 2.72. The minimum absolute atomic E-state index is 0.0507. The highest BCUT2D eigenvalue weighted by Crippen LogP contribution is 2.26. The molecule has 0 atom stereocenters. The van der Waals surface area contributed by atoms with Crippen molar-refractivity contribution in [3.05, 3.63) is 71.8 Å². The van der Waals surface area contributed by atoms with Crippen molar-refractivity contribution in [1.29, 1.82) is 0 Å². The Balaban J connectivity index is 1.64. The van der Waals surface area contributed by atoms with Crippen LogP contribution in [0.15, 0.2) is 59.3 Å². The topological polar surface area (TPSA) is 94.0 Å². The summed E-state index contributed by atoms with van der Waals surface area (Å²) in [5.41, 5.74) is 9.85. The van der Waals surface area contributed by atoms with Gasteiger partial charge in [-0.2, -0.15) is 4.98 Å². The molecule has 134 valence electrons. The fraction of sp³-hybridized carbons (Fsp3) is 0.0500. The Hall–Kier alpha value is -3.74. The molecule has 0 aliphatic rings. The third kappa shape index (κ3) is 3.35. The first kappa shape index (κ1) is 16.7. The third-order valence-electron chi connectivity index (χ3n) is 4.19. The van der Waals surface area contributed by atoms with Crippen LogP contribution in [0.4, 0.5) is 16.1 Å². The predicted molar refractivity (Wildman–Crippen MR) is 101 cm³/mol. The molecule has 4 rings (SSSR count). The van der Waals surface area contributed by atoms with E-state index >= 15 is 0 Å². The Morgan fingerprint density at radius 3 is 2.78 bits per heavy atom. The molecule has 6 nitrogen and oxygen atoms in total. The summed E-state index contributed by atoms with van der Waals surface area (Å²) in [7, 11) is 0. The van der Waals surface area contributed by atoms with E-state index in [-0.39, 0.29) is 11.9 Å².